The molecule has 0 heterocycles. The normalized spacial score (nSPS) is 10.9. The number of methoxy groups -OCH3 is 1. The fraction of sp³-hybridized carbons (Fsp3) is 0.364. The van der Waals surface area contributed by atoms with E-state index in [0.717, 1.165) is 6.07 Å². The molecule has 1 aromatic carbocycles. The largest absolute Gasteiger partial charge is 0.496 e. The highest BCUT2D eigenvalue weighted by atomic mass is 32.2. The van der Waals surface area contributed by atoms with Gasteiger partial charge in [-0.3, -0.25) is 19.6 Å². The Labute approximate surface area is 120 Å². The number of carboxylic acid groups (broad SMARTS) is 1. The maximum Gasteiger partial charge on any atom is 0.303 e. The van der Waals surface area contributed by atoms with Gasteiger partial charge in [0.15, 0.2) is 0 Å². The molecular weight excluding hydrogens is 304 g/mol. The summed E-state index contributed by atoms with van der Waals surface area (Å²) in [4.78, 5) is 20.5. The van der Waals surface area contributed by atoms with Crippen molar-refractivity contribution in [2.24, 2.45) is 0 Å². The number of nitrogens with one attached hydrogen (secondary N) is 1. The number of hydrogen-bond donors (Lipinski definition) is 2. The Morgan fingerprint density at radius 3 is 2.67 bits per heavy atom. The van der Waals surface area contributed by atoms with Crippen molar-refractivity contribution in [3.05, 3.63) is 28.3 Å². The zero-order valence-electron chi connectivity index (χ0n) is 11.1. The van der Waals surface area contributed by atoms with E-state index < -0.39 is 32.4 Å². The van der Waals surface area contributed by atoms with Gasteiger partial charge in [0.25, 0.3) is 5.69 Å². The predicted molar refractivity (Wildman–Crippen MR) is 73.9 cm³/mol. The molecule has 0 fully saturated rings. The third kappa shape index (κ3) is 5.26. The van der Waals surface area contributed by atoms with E-state index in [9.17, 15) is 23.3 Å². The van der Waals surface area contributed by atoms with Crippen LogP contribution in [0, 0.1) is 10.1 Å². The van der Waals surface area contributed by atoms with Gasteiger partial charge in [-0.1, -0.05) is 0 Å². The van der Waals surface area contributed by atoms with Crippen molar-refractivity contribution in [1.29, 1.82) is 0 Å². The van der Waals surface area contributed by atoms with E-state index >= 15 is 0 Å². The first kappa shape index (κ1) is 16.7. The van der Waals surface area contributed by atoms with Crippen LogP contribution in [0.4, 0.5) is 11.4 Å². The second-order valence-corrected chi connectivity index (χ2v) is 5.90. The summed E-state index contributed by atoms with van der Waals surface area (Å²) in [6.07, 6.45) is -0.389. The fourth-order valence-corrected chi connectivity index (χ4v) is 2.64. The monoisotopic (exact) mass is 318 g/mol. The maximum atomic E-state index is 11.8. The van der Waals surface area contributed by atoms with Gasteiger partial charge in [0.05, 0.1) is 23.9 Å². The topological polar surface area (TPSA) is 136 Å². The van der Waals surface area contributed by atoms with Gasteiger partial charge in [0.1, 0.15) is 11.4 Å². The highest BCUT2D eigenvalue weighted by Gasteiger charge is 2.20. The van der Waals surface area contributed by atoms with Gasteiger partial charge in [-0.15, -0.1) is 0 Å². The minimum absolute atomic E-state index is 0.0887. The van der Waals surface area contributed by atoms with Gasteiger partial charge in [-0.25, -0.2) is 8.42 Å². The van der Waals surface area contributed by atoms with Crippen molar-refractivity contribution in [2.45, 2.75) is 12.8 Å². The molecule has 116 valence electrons. The molecule has 0 bridgehead atoms. The number of rotatable bonds is 8. The third-order valence-corrected chi connectivity index (χ3v) is 3.83. The Balaban J connectivity index is 2.91. The minimum Gasteiger partial charge on any atom is -0.496 e. The Kier molecular flexibility index (Phi) is 5.47. The van der Waals surface area contributed by atoms with Crippen LogP contribution in [0.5, 0.6) is 5.75 Å². The van der Waals surface area contributed by atoms with Crippen molar-refractivity contribution < 1.29 is 28.0 Å². The number of benzene rings is 1. The lowest BCUT2D eigenvalue weighted by molar-refractivity contribution is -0.384. The summed E-state index contributed by atoms with van der Waals surface area (Å²) in [6, 6.07) is 3.68. The number of carbonyl (C=O) groups is 1. The first-order valence-corrected chi connectivity index (χ1v) is 7.45. The summed E-state index contributed by atoms with van der Waals surface area (Å²) in [6.45, 7) is 0. The molecule has 2 N–H and O–H groups in total. The van der Waals surface area contributed by atoms with Crippen molar-refractivity contribution in [3.8, 4) is 5.75 Å². The summed E-state index contributed by atoms with van der Waals surface area (Å²) in [5.41, 5.74) is -0.646. The zero-order valence-corrected chi connectivity index (χ0v) is 11.9. The van der Waals surface area contributed by atoms with E-state index in [1.165, 1.54) is 19.2 Å². The summed E-state index contributed by atoms with van der Waals surface area (Å²) >= 11 is 0. The first-order valence-electron chi connectivity index (χ1n) is 5.80. The smallest absolute Gasteiger partial charge is 0.303 e. The molecule has 0 atom stereocenters. The first-order chi connectivity index (χ1) is 9.75. The number of ether oxygens (including phenoxy) is 1. The molecule has 0 saturated heterocycles. The van der Waals surface area contributed by atoms with Gasteiger partial charge in [-0.05, 0) is 18.6 Å². The van der Waals surface area contributed by atoms with Crippen LogP contribution in [0.25, 0.3) is 0 Å². The molecule has 0 spiro atoms. The molecule has 9 nitrogen and oxygen atoms in total. The summed E-state index contributed by atoms with van der Waals surface area (Å²) < 4.78 is 30.4. The second kappa shape index (κ2) is 6.88. The van der Waals surface area contributed by atoms with E-state index in [4.69, 9.17) is 9.84 Å². The van der Waals surface area contributed by atoms with Crippen LogP contribution in [0.3, 0.4) is 0 Å². The molecule has 0 unspecified atom stereocenters. The van der Waals surface area contributed by atoms with Crippen LogP contribution < -0.4 is 9.46 Å². The Bertz CT molecular complexity index is 642. The Morgan fingerprint density at radius 2 is 2.14 bits per heavy atom. The van der Waals surface area contributed by atoms with E-state index in [0.29, 0.717) is 0 Å². The fourth-order valence-electron chi connectivity index (χ4n) is 1.51. The van der Waals surface area contributed by atoms with E-state index in [2.05, 4.69) is 4.72 Å². The van der Waals surface area contributed by atoms with Gasteiger partial charge >= 0.3 is 5.97 Å². The molecular formula is C11H14N2O7S. The molecule has 21 heavy (non-hydrogen) atoms. The van der Waals surface area contributed by atoms with Crippen LogP contribution in [0.2, 0.25) is 0 Å². The molecule has 0 aliphatic rings. The summed E-state index contributed by atoms with van der Waals surface area (Å²) in [5.74, 6) is -1.33. The number of nitro groups is 1. The number of nitrogens with zero attached hydrogens (tertiary/aromatic N) is 1. The molecule has 1 rings (SSSR count). The molecule has 0 amide bonds. The third-order valence-electron chi connectivity index (χ3n) is 2.47. The Morgan fingerprint density at radius 1 is 1.48 bits per heavy atom. The quantitative estimate of drug-likeness (QED) is 0.543. The van der Waals surface area contributed by atoms with Crippen LogP contribution in [-0.4, -0.2) is 37.3 Å². The van der Waals surface area contributed by atoms with Crippen LogP contribution in [-0.2, 0) is 14.8 Å². The van der Waals surface area contributed by atoms with Gasteiger partial charge < -0.3 is 9.84 Å². The standard InChI is InChI=1S/C11H14N2O7S/c1-20-8-4-5-9(10(7-8)13(16)17)12-21(18,19)6-2-3-11(14)15/h4-5,7,12H,2-3,6H2,1H3,(H,14,15). The SMILES string of the molecule is COc1ccc(NS(=O)(=O)CCCC(=O)O)c([N+](=O)[O-])c1. The second-order valence-electron chi connectivity index (χ2n) is 4.06. The number of nitro benzene ring substituents is 1. The number of hydrogen-bond acceptors (Lipinski definition) is 6. The minimum atomic E-state index is -3.86. The van der Waals surface area contributed by atoms with Gasteiger partial charge in [0.2, 0.25) is 10.0 Å². The average Bonchev–Trinajstić information content (AvgIpc) is 2.37. The molecule has 0 aliphatic heterocycles. The summed E-state index contributed by atoms with van der Waals surface area (Å²) in [7, 11) is -2.54. The lowest BCUT2D eigenvalue weighted by atomic mass is 10.2. The number of aliphatic carboxylic acids is 1. The summed E-state index contributed by atoms with van der Waals surface area (Å²) in [5, 5.41) is 19.4. The maximum absolute atomic E-state index is 11.8. The van der Waals surface area contributed by atoms with E-state index in [1.807, 2.05) is 0 Å². The number of anilines is 1. The molecule has 0 saturated carbocycles. The van der Waals surface area contributed by atoms with Crippen molar-refractivity contribution in [3.63, 3.8) is 0 Å². The van der Waals surface area contributed by atoms with Gasteiger partial charge in [0, 0.05) is 6.42 Å². The Hall–Kier alpha value is -2.36. The predicted octanol–water partition coefficient (Wildman–Crippen LogP) is 1.21. The lowest BCUT2D eigenvalue weighted by Crippen LogP contribution is -2.18. The molecule has 0 radical (unpaired) electrons. The highest BCUT2D eigenvalue weighted by Crippen LogP contribution is 2.29. The number of sulfonamides is 1. The highest BCUT2D eigenvalue weighted by molar-refractivity contribution is 7.92. The van der Waals surface area contributed by atoms with Crippen molar-refractivity contribution >= 4 is 27.4 Å². The molecule has 10 heteroatoms. The molecule has 1 aromatic rings. The van der Waals surface area contributed by atoms with E-state index in [-0.39, 0.29) is 24.3 Å². The lowest BCUT2D eigenvalue weighted by Gasteiger charge is -2.09. The number of carboxylic acids is 1. The van der Waals surface area contributed by atoms with Crippen molar-refractivity contribution in [1.82, 2.24) is 0 Å². The van der Waals surface area contributed by atoms with Crippen molar-refractivity contribution in [2.75, 3.05) is 17.6 Å². The van der Waals surface area contributed by atoms with Crippen LogP contribution >= 0.6 is 0 Å². The average molecular weight is 318 g/mol. The van der Waals surface area contributed by atoms with E-state index in [1.54, 1.807) is 0 Å². The molecule has 0 aliphatic carbocycles. The zero-order chi connectivity index (χ0) is 16.0. The molecule has 0 aromatic heterocycles. The van der Waals surface area contributed by atoms with Crippen LogP contribution in [0.15, 0.2) is 18.2 Å². The van der Waals surface area contributed by atoms with Gasteiger partial charge in [-0.2, -0.15) is 0 Å². The van der Waals surface area contributed by atoms with Crippen LogP contribution in [0.1, 0.15) is 12.8 Å².